The number of likely N-dealkylation sites (tertiary alicyclic amines) is 1. The molecule has 1 saturated heterocycles. The number of methoxy groups -OCH3 is 1. The average Bonchev–Trinajstić information content (AvgIpc) is 4.03. The smallest absolute Gasteiger partial charge is 0.427 e. The van der Waals surface area contributed by atoms with E-state index in [0.717, 1.165) is 5.39 Å². The number of hydrogen-bond donors (Lipinski definition) is 3. The zero-order valence-electron chi connectivity index (χ0n) is 30.7. The molecule has 2 heterocycles. The number of carbonyl (C=O) groups excluding carboxylic acids is 3. The number of nitrogens with one attached hydrogen (secondary N) is 3. The number of carbonyl (C=O) groups is 3. The van der Waals surface area contributed by atoms with E-state index >= 15 is 0 Å². The molecule has 0 bridgehead atoms. The molecule has 3 amide bonds. The molecule has 0 spiro atoms. The van der Waals surface area contributed by atoms with E-state index in [0.29, 0.717) is 63.5 Å². The van der Waals surface area contributed by atoms with Crippen LogP contribution in [0.3, 0.4) is 0 Å². The van der Waals surface area contributed by atoms with Crippen molar-refractivity contribution < 1.29 is 54.4 Å². The van der Waals surface area contributed by atoms with Gasteiger partial charge < -0.3 is 29.7 Å². The molecule has 3 saturated carbocycles. The molecule has 5 atom stereocenters. The third-order valence-corrected chi connectivity index (χ3v) is 11.8. The largest absolute Gasteiger partial charge is 0.497 e. The van der Waals surface area contributed by atoms with Gasteiger partial charge in [-0.3, -0.25) is 14.3 Å². The van der Waals surface area contributed by atoms with Gasteiger partial charge in [0.2, 0.25) is 23.3 Å². The summed E-state index contributed by atoms with van der Waals surface area (Å²) in [4.78, 5) is 47.1. The highest BCUT2D eigenvalue weighted by Crippen LogP contribution is 2.50. The summed E-state index contributed by atoms with van der Waals surface area (Å²) < 4.78 is 90.4. The number of pyridine rings is 1. The fourth-order valence-electron chi connectivity index (χ4n) is 6.83. The minimum atomic E-state index is -4.87. The quantitative estimate of drug-likeness (QED) is 0.231. The fraction of sp³-hybridized carbons (Fsp3) is 0.611. The highest BCUT2D eigenvalue weighted by molar-refractivity contribution is 7.84. The fourth-order valence-corrected chi connectivity index (χ4v) is 8.05. The lowest BCUT2D eigenvalue weighted by Crippen LogP contribution is -2.57. The molecular formula is C36H46F3N5O9S. The molecule has 1 aromatic heterocycles. The second kappa shape index (κ2) is 14.1. The topological polar surface area (TPSA) is 174 Å². The summed E-state index contributed by atoms with van der Waals surface area (Å²) in [7, 11) is -2.73. The lowest BCUT2D eigenvalue weighted by molar-refractivity contribution is -0.244. The molecule has 3 N–H and O–H groups in total. The second-order valence-corrected chi connectivity index (χ2v) is 16.7. The van der Waals surface area contributed by atoms with Crippen LogP contribution in [-0.2, 0) is 28.8 Å². The predicted molar refractivity (Wildman–Crippen MR) is 188 cm³/mol. The van der Waals surface area contributed by atoms with Crippen LogP contribution in [-0.4, -0.2) is 91.0 Å². The van der Waals surface area contributed by atoms with Gasteiger partial charge in [0.1, 0.15) is 23.9 Å². The van der Waals surface area contributed by atoms with Gasteiger partial charge in [-0.25, -0.2) is 14.0 Å². The Morgan fingerprint density at radius 2 is 1.85 bits per heavy atom. The zero-order valence-corrected chi connectivity index (χ0v) is 31.6. The van der Waals surface area contributed by atoms with Crippen LogP contribution < -0.4 is 24.8 Å². The number of ether oxygens (including phenoxy) is 3. The number of amides is 3. The maximum atomic E-state index is 14.3. The van der Waals surface area contributed by atoms with Crippen LogP contribution in [0.15, 0.2) is 42.7 Å². The maximum absolute atomic E-state index is 14.3. The van der Waals surface area contributed by atoms with Gasteiger partial charge in [0.15, 0.2) is 0 Å². The number of benzene rings is 1. The van der Waals surface area contributed by atoms with Gasteiger partial charge in [-0.05, 0) is 94.4 Å². The van der Waals surface area contributed by atoms with Crippen molar-refractivity contribution in [3.63, 3.8) is 0 Å². The number of nitrogens with zero attached hydrogens (tertiary/aromatic N) is 2. The molecule has 0 unspecified atom stereocenters. The van der Waals surface area contributed by atoms with Crippen molar-refractivity contribution in [2.75, 3.05) is 13.7 Å². The molecule has 296 valence electrons. The number of aromatic nitrogens is 1. The van der Waals surface area contributed by atoms with Crippen molar-refractivity contribution in [3.8, 4) is 11.6 Å². The normalized spacial score (nSPS) is 25.3. The summed E-state index contributed by atoms with van der Waals surface area (Å²) >= 11 is 0. The Morgan fingerprint density at radius 3 is 2.44 bits per heavy atom. The summed E-state index contributed by atoms with van der Waals surface area (Å²) in [6.07, 6.45) is -2.47. The Morgan fingerprint density at radius 1 is 1.15 bits per heavy atom. The van der Waals surface area contributed by atoms with Gasteiger partial charge in [0.05, 0.1) is 24.8 Å². The molecule has 3 aliphatic carbocycles. The van der Waals surface area contributed by atoms with E-state index in [-0.39, 0.29) is 30.5 Å². The molecule has 6 rings (SSSR count). The highest BCUT2D eigenvalue weighted by Gasteiger charge is 2.59. The molecule has 2 aromatic rings. The Hall–Kier alpha value is -4.32. The van der Waals surface area contributed by atoms with Crippen LogP contribution in [0.2, 0.25) is 0 Å². The van der Waals surface area contributed by atoms with Crippen LogP contribution in [0.5, 0.6) is 11.6 Å². The first-order chi connectivity index (χ1) is 25.2. The average molecular weight is 782 g/mol. The van der Waals surface area contributed by atoms with Crippen molar-refractivity contribution in [3.05, 3.63) is 42.7 Å². The lowest BCUT2D eigenvalue weighted by Gasteiger charge is -2.32. The predicted octanol–water partition coefficient (Wildman–Crippen LogP) is 4.64. The minimum absolute atomic E-state index is 0.0126. The Labute approximate surface area is 311 Å². The van der Waals surface area contributed by atoms with Crippen molar-refractivity contribution >= 4 is 39.0 Å². The van der Waals surface area contributed by atoms with Gasteiger partial charge in [-0.1, -0.05) is 19.9 Å². The van der Waals surface area contributed by atoms with E-state index in [1.165, 1.54) is 12.0 Å². The van der Waals surface area contributed by atoms with E-state index < -0.39 is 75.2 Å². The molecule has 4 aliphatic rings. The summed E-state index contributed by atoms with van der Waals surface area (Å²) in [5, 5.41) is 6.70. The minimum Gasteiger partial charge on any atom is -0.497 e. The second-order valence-electron chi connectivity index (χ2n) is 15.4. The van der Waals surface area contributed by atoms with Crippen LogP contribution in [0.4, 0.5) is 18.0 Å². The van der Waals surface area contributed by atoms with Crippen LogP contribution in [0, 0.1) is 11.8 Å². The number of hydrogen-bond acceptors (Lipinski definition) is 10. The van der Waals surface area contributed by atoms with Crippen molar-refractivity contribution in [2.45, 2.75) is 114 Å². The molecule has 0 radical (unpaired) electrons. The first-order valence-electron chi connectivity index (χ1n) is 17.9. The maximum Gasteiger partial charge on any atom is 0.427 e. The van der Waals surface area contributed by atoms with Gasteiger partial charge in [-0.2, -0.15) is 21.6 Å². The third kappa shape index (κ3) is 8.33. The molecule has 14 nitrogen and oxygen atoms in total. The number of alkyl carbamates (subject to hydrolysis) is 1. The van der Waals surface area contributed by atoms with E-state index in [1.807, 2.05) is 6.92 Å². The van der Waals surface area contributed by atoms with Gasteiger partial charge in [-0.15, -0.1) is 0 Å². The number of fused-ring (bicyclic) bond motifs is 1. The summed E-state index contributed by atoms with van der Waals surface area (Å²) in [5.41, 5.74) is -4.81. The van der Waals surface area contributed by atoms with Crippen molar-refractivity contribution in [2.24, 2.45) is 11.8 Å². The standard InChI is InChI=1S/C36H46F3N5O9S/c1-7-23-18-35(23,20(2)43-54(48,49)53-34(5)13-14-34)42-29(45)27-17-25(51-30-26-11-10-24(50-6)16-22(26)12-15-40-30)19-44(27)31(46)28(21-8-9-21)41-32(47)52-33(3,4)36(37,38)39/h10-12,15-16,21,23,25,27-28,43H,2,7-9,13-14,17-19H2,1,3-6H3,(H,41,47)(H,42,45)/t23-,25-,27+,28+,35+/m1/s1. The van der Waals surface area contributed by atoms with Crippen molar-refractivity contribution in [1.29, 1.82) is 0 Å². The molecule has 4 fully saturated rings. The molecule has 1 aromatic carbocycles. The summed E-state index contributed by atoms with van der Waals surface area (Å²) in [6, 6.07) is 4.59. The number of rotatable bonds is 15. The Bertz CT molecular complexity index is 1940. The zero-order chi connectivity index (χ0) is 39.4. The van der Waals surface area contributed by atoms with Crippen LogP contribution in [0.1, 0.15) is 72.6 Å². The molecule has 1 aliphatic heterocycles. The van der Waals surface area contributed by atoms with E-state index in [9.17, 15) is 36.0 Å². The van der Waals surface area contributed by atoms with E-state index in [4.69, 9.17) is 18.4 Å². The van der Waals surface area contributed by atoms with Gasteiger partial charge >= 0.3 is 22.6 Å². The van der Waals surface area contributed by atoms with Crippen molar-refractivity contribution in [1.82, 2.24) is 25.2 Å². The van der Waals surface area contributed by atoms with E-state index in [2.05, 4.69) is 26.9 Å². The van der Waals surface area contributed by atoms with E-state index in [1.54, 1.807) is 37.4 Å². The first kappa shape index (κ1) is 39.4. The Balaban J connectivity index is 1.25. The molecule has 18 heteroatoms. The SMILES string of the molecule is C=C(NS(=O)(=O)OC1(C)CC1)[C@@]1(NC(=O)[C@@H]2C[C@@H](Oc3nccc4cc(OC)ccc34)CN2C(=O)[C@@H](NC(=O)OC(C)(C)C(F)(F)F)C2CC2)C[C@H]1CC. The Kier molecular flexibility index (Phi) is 10.3. The van der Waals surface area contributed by atoms with Gasteiger partial charge in [0.25, 0.3) is 0 Å². The summed E-state index contributed by atoms with van der Waals surface area (Å²) in [5.74, 6) is -1.08. The van der Waals surface area contributed by atoms with Crippen LogP contribution in [0.25, 0.3) is 10.8 Å². The molecule has 54 heavy (non-hydrogen) atoms. The number of alkyl halides is 3. The highest BCUT2D eigenvalue weighted by atomic mass is 32.2. The van der Waals surface area contributed by atoms with Gasteiger partial charge in [0, 0.05) is 23.7 Å². The summed E-state index contributed by atoms with van der Waals surface area (Å²) in [6.45, 7) is 8.78. The molecular weight excluding hydrogens is 735 g/mol. The number of halogens is 3. The monoisotopic (exact) mass is 781 g/mol. The first-order valence-corrected chi connectivity index (χ1v) is 19.3. The van der Waals surface area contributed by atoms with Crippen LogP contribution >= 0.6 is 0 Å². The third-order valence-electron chi connectivity index (χ3n) is 10.7. The lowest BCUT2D eigenvalue weighted by atomic mass is 10.1.